The van der Waals surface area contributed by atoms with Crippen LogP contribution in [0.5, 0.6) is 0 Å². The number of benzene rings is 1. The molecule has 1 rings (SSSR count). The highest BCUT2D eigenvalue weighted by atomic mass is 16.3. The minimum Gasteiger partial charge on any atom is -0.388 e. The lowest BCUT2D eigenvalue weighted by molar-refractivity contribution is 0.00592. The Morgan fingerprint density at radius 3 is 2.52 bits per heavy atom. The molecule has 0 saturated heterocycles. The second kappa shape index (κ2) is 6.85. The standard InChI is InChI=1S/C17H25NO3/c1-6-12(3)17(5,21)10-18-16(20)14-8-7-11(2)15(9-14)13(4)19/h7-9,12,21H,6,10H2,1-5H3,(H,18,20). The summed E-state index contributed by atoms with van der Waals surface area (Å²) in [7, 11) is 0. The van der Waals surface area contributed by atoms with Crippen LogP contribution in [0.2, 0.25) is 0 Å². The van der Waals surface area contributed by atoms with Crippen LogP contribution in [-0.2, 0) is 0 Å². The van der Waals surface area contributed by atoms with E-state index in [1.54, 1.807) is 25.1 Å². The summed E-state index contributed by atoms with van der Waals surface area (Å²) in [6.07, 6.45) is 0.835. The van der Waals surface area contributed by atoms with E-state index < -0.39 is 5.60 Å². The highest BCUT2D eigenvalue weighted by Crippen LogP contribution is 2.19. The normalized spacial score (nSPS) is 15.1. The maximum absolute atomic E-state index is 12.2. The summed E-state index contributed by atoms with van der Waals surface area (Å²) in [5.41, 5.74) is 0.895. The van der Waals surface area contributed by atoms with Crippen molar-refractivity contribution in [2.45, 2.75) is 46.6 Å². The van der Waals surface area contributed by atoms with E-state index >= 15 is 0 Å². The number of rotatable bonds is 6. The van der Waals surface area contributed by atoms with Crippen molar-refractivity contribution in [1.29, 1.82) is 0 Å². The zero-order chi connectivity index (χ0) is 16.2. The first-order valence-corrected chi connectivity index (χ1v) is 7.31. The fraction of sp³-hybridized carbons (Fsp3) is 0.529. The van der Waals surface area contributed by atoms with Gasteiger partial charge >= 0.3 is 0 Å². The molecule has 2 unspecified atom stereocenters. The fourth-order valence-electron chi connectivity index (χ4n) is 2.12. The number of nitrogens with one attached hydrogen (secondary N) is 1. The molecule has 0 aliphatic rings. The summed E-state index contributed by atoms with van der Waals surface area (Å²) < 4.78 is 0. The van der Waals surface area contributed by atoms with Gasteiger partial charge in [-0.3, -0.25) is 9.59 Å². The number of hydrogen-bond donors (Lipinski definition) is 2. The molecule has 0 radical (unpaired) electrons. The van der Waals surface area contributed by atoms with Crippen molar-refractivity contribution in [3.63, 3.8) is 0 Å². The Hall–Kier alpha value is -1.68. The van der Waals surface area contributed by atoms with Gasteiger partial charge in [0.05, 0.1) is 5.60 Å². The maximum atomic E-state index is 12.2. The molecular formula is C17H25NO3. The number of ketones is 1. The Morgan fingerprint density at radius 1 is 1.38 bits per heavy atom. The predicted octanol–water partition coefficient (Wildman–Crippen LogP) is 2.72. The van der Waals surface area contributed by atoms with Crippen LogP contribution >= 0.6 is 0 Å². The van der Waals surface area contributed by atoms with Crippen LogP contribution in [0.1, 0.15) is 60.4 Å². The summed E-state index contributed by atoms with van der Waals surface area (Å²) in [6.45, 7) is 9.18. The number of carbonyl (C=O) groups is 2. The van der Waals surface area contributed by atoms with E-state index in [0.717, 1.165) is 12.0 Å². The third-order valence-electron chi connectivity index (χ3n) is 4.16. The zero-order valence-corrected chi connectivity index (χ0v) is 13.5. The molecule has 116 valence electrons. The Labute approximate surface area is 126 Å². The van der Waals surface area contributed by atoms with E-state index in [0.29, 0.717) is 11.1 Å². The molecular weight excluding hydrogens is 266 g/mol. The predicted molar refractivity (Wildman–Crippen MR) is 83.6 cm³/mol. The Balaban J connectivity index is 2.82. The molecule has 0 heterocycles. The average molecular weight is 291 g/mol. The van der Waals surface area contributed by atoms with E-state index in [2.05, 4.69) is 5.32 Å². The summed E-state index contributed by atoms with van der Waals surface area (Å²) in [5, 5.41) is 13.0. The van der Waals surface area contributed by atoms with Crippen LogP contribution in [0.4, 0.5) is 0 Å². The Kier molecular flexibility index (Phi) is 5.67. The number of carbonyl (C=O) groups excluding carboxylic acids is 2. The number of aryl methyl sites for hydroxylation is 1. The maximum Gasteiger partial charge on any atom is 0.251 e. The van der Waals surface area contributed by atoms with Gasteiger partial charge in [0.15, 0.2) is 5.78 Å². The molecule has 1 amide bonds. The van der Waals surface area contributed by atoms with Gasteiger partial charge in [0.25, 0.3) is 5.91 Å². The minimum atomic E-state index is -0.946. The molecule has 0 aliphatic carbocycles. The molecule has 0 bridgehead atoms. The molecule has 1 aromatic rings. The topological polar surface area (TPSA) is 66.4 Å². The minimum absolute atomic E-state index is 0.0613. The lowest BCUT2D eigenvalue weighted by atomic mass is 9.88. The average Bonchev–Trinajstić information content (AvgIpc) is 2.44. The van der Waals surface area contributed by atoms with Gasteiger partial charge in [0, 0.05) is 17.7 Å². The van der Waals surface area contributed by atoms with Crippen molar-refractivity contribution in [3.05, 3.63) is 34.9 Å². The molecule has 0 spiro atoms. The first-order valence-electron chi connectivity index (χ1n) is 7.31. The fourth-order valence-corrected chi connectivity index (χ4v) is 2.12. The van der Waals surface area contributed by atoms with E-state index in [-0.39, 0.29) is 24.2 Å². The van der Waals surface area contributed by atoms with Crippen molar-refractivity contribution < 1.29 is 14.7 Å². The van der Waals surface area contributed by atoms with Gasteiger partial charge in [-0.05, 0) is 44.4 Å². The summed E-state index contributed by atoms with van der Waals surface area (Å²) >= 11 is 0. The van der Waals surface area contributed by atoms with Crippen molar-refractivity contribution >= 4 is 11.7 Å². The van der Waals surface area contributed by atoms with Crippen LogP contribution in [0, 0.1) is 12.8 Å². The molecule has 2 N–H and O–H groups in total. The first kappa shape index (κ1) is 17.4. The van der Waals surface area contributed by atoms with Crippen LogP contribution in [0.3, 0.4) is 0 Å². The lowest BCUT2D eigenvalue weighted by Gasteiger charge is -2.29. The monoisotopic (exact) mass is 291 g/mol. The second-order valence-electron chi connectivity index (χ2n) is 5.94. The number of aliphatic hydroxyl groups is 1. The van der Waals surface area contributed by atoms with Gasteiger partial charge < -0.3 is 10.4 Å². The van der Waals surface area contributed by atoms with Gasteiger partial charge in [-0.2, -0.15) is 0 Å². The third-order valence-corrected chi connectivity index (χ3v) is 4.16. The van der Waals surface area contributed by atoms with Gasteiger partial charge in [-0.25, -0.2) is 0 Å². The quantitative estimate of drug-likeness (QED) is 0.792. The molecule has 21 heavy (non-hydrogen) atoms. The van der Waals surface area contributed by atoms with Crippen molar-refractivity contribution in [1.82, 2.24) is 5.32 Å². The zero-order valence-electron chi connectivity index (χ0n) is 13.5. The highest BCUT2D eigenvalue weighted by Gasteiger charge is 2.27. The van der Waals surface area contributed by atoms with Crippen LogP contribution in [-0.4, -0.2) is 28.9 Å². The lowest BCUT2D eigenvalue weighted by Crippen LogP contribution is -2.45. The van der Waals surface area contributed by atoms with Crippen molar-refractivity contribution in [2.24, 2.45) is 5.92 Å². The van der Waals surface area contributed by atoms with E-state index in [1.807, 2.05) is 20.8 Å². The molecule has 0 fully saturated rings. The largest absolute Gasteiger partial charge is 0.388 e. The SMILES string of the molecule is CCC(C)C(C)(O)CNC(=O)c1ccc(C)c(C(C)=O)c1. The second-order valence-corrected chi connectivity index (χ2v) is 5.94. The first-order chi connectivity index (χ1) is 9.69. The van der Waals surface area contributed by atoms with Gasteiger partial charge in [-0.1, -0.05) is 26.3 Å². The van der Waals surface area contributed by atoms with Crippen molar-refractivity contribution in [3.8, 4) is 0 Å². The molecule has 0 aromatic heterocycles. The molecule has 4 nitrogen and oxygen atoms in total. The molecule has 2 atom stereocenters. The smallest absolute Gasteiger partial charge is 0.251 e. The number of hydrogen-bond acceptors (Lipinski definition) is 3. The number of amides is 1. The Bertz CT molecular complexity index is 535. The Morgan fingerprint density at radius 2 is 2.00 bits per heavy atom. The van der Waals surface area contributed by atoms with Gasteiger partial charge in [0.2, 0.25) is 0 Å². The molecule has 0 saturated carbocycles. The van der Waals surface area contributed by atoms with E-state index in [1.165, 1.54) is 6.92 Å². The highest BCUT2D eigenvalue weighted by molar-refractivity contribution is 6.00. The van der Waals surface area contributed by atoms with Crippen LogP contribution in [0.15, 0.2) is 18.2 Å². The van der Waals surface area contributed by atoms with Gasteiger partial charge in [0.1, 0.15) is 0 Å². The number of Topliss-reactive ketones (excluding diaryl/α,β-unsaturated/α-hetero) is 1. The molecule has 0 aliphatic heterocycles. The van der Waals surface area contributed by atoms with Crippen LogP contribution < -0.4 is 5.32 Å². The third kappa shape index (κ3) is 4.39. The van der Waals surface area contributed by atoms with Crippen molar-refractivity contribution in [2.75, 3.05) is 6.54 Å². The summed E-state index contributed by atoms with van der Waals surface area (Å²) in [4.78, 5) is 23.7. The van der Waals surface area contributed by atoms with Crippen LogP contribution in [0.25, 0.3) is 0 Å². The molecule has 4 heteroatoms. The van der Waals surface area contributed by atoms with E-state index in [4.69, 9.17) is 0 Å². The molecule has 1 aromatic carbocycles. The summed E-state index contributed by atoms with van der Waals surface area (Å²) in [5.74, 6) is -0.251. The summed E-state index contributed by atoms with van der Waals surface area (Å²) in [6, 6.07) is 5.05. The van der Waals surface area contributed by atoms with E-state index in [9.17, 15) is 14.7 Å². The van der Waals surface area contributed by atoms with Gasteiger partial charge in [-0.15, -0.1) is 0 Å².